The van der Waals surface area contributed by atoms with E-state index in [-0.39, 0.29) is 5.92 Å². The number of allylic oxidation sites excluding steroid dienone is 1. The number of carbonyl (C=O) groups is 1. The summed E-state index contributed by atoms with van der Waals surface area (Å²) < 4.78 is 1.22. The summed E-state index contributed by atoms with van der Waals surface area (Å²) in [6.45, 7) is 0. The van der Waals surface area contributed by atoms with Crippen LogP contribution >= 0.6 is 23.5 Å². The van der Waals surface area contributed by atoms with Crippen molar-refractivity contribution in [1.29, 1.82) is 0 Å². The van der Waals surface area contributed by atoms with Crippen molar-refractivity contribution in [1.82, 2.24) is 0 Å². The molecule has 0 N–H and O–H groups in total. The Morgan fingerprint density at radius 3 is 2.59 bits per heavy atom. The van der Waals surface area contributed by atoms with Crippen LogP contribution in [0.5, 0.6) is 0 Å². The fourth-order valence-corrected chi connectivity index (χ4v) is 4.51. The van der Waals surface area contributed by atoms with E-state index >= 15 is 0 Å². The van der Waals surface area contributed by atoms with E-state index < -0.39 is 0 Å². The molecular formula is C14H14OS2. The molecule has 3 rings (SSSR count). The van der Waals surface area contributed by atoms with Crippen LogP contribution in [-0.4, -0.2) is 17.3 Å². The average Bonchev–Trinajstić information content (AvgIpc) is 3.02. The molecule has 1 saturated carbocycles. The Bertz CT molecular complexity index is 445. The van der Waals surface area contributed by atoms with E-state index in [0.29, 0.717) is 11.7 Å². The Morgan fingerprint density at radius 1 is 1.18 bits per heavy atom. The Kier molecular flexibility index (Phi) is 3.30. The summed E-state index contributed by atoms with van der Waals surface area (Å²) in [5.41, 5.74) is 1.32. The van der Waals surface area contributed by atoms with Gasteiger partial charge in [-0.2, -0.15) is 0 Å². The zero-order valence-corrected chi connectivity index (χ0v) is 11.1. The molecule has 3 heteroatoms. The molecule has 0 bridgehead atoms. The lowest BCUT2D eigenvalue weighted by Gasteiger charge is -1.98. The minimum Gasteiger partial charge on any atom is -0.294 e. The molecular weight excluding hydrogens is 248 g/mol. The summed E-state index contributed by atoms with van der Waals surface area (Å²) in [5, 5.41) is 0. The fraction of sp³-hybridized carbons (Fsp3) is 0.357. The topological polar surface area (TPSA) is 17.1 Å². The molecule has 2 fully saturated rings. The van der Waals surface area contributed by atoms with Crippen LogP contribution < -0.4 is 0 Å². The largest absolute Gasteiger partial charge is 0.294 e. The van der Waals surface area contributed by atoms with Gasteiger partial charge in [-0.1, -0.05) is 30.3 Å². The van der Waals surface area contributed by atoms with Crippen LogP contribution in [0.15, 0.2) is 40.6 Å². The summed E-state index contributed by atoms with van der Waals surface area (Å²) in [7, 11) is 0. The maximum Gasteiger partial charge on any atom is 0.161 e. The third kappa shape index (κ3) is 2.61. The first kappa shape index (κ1) is 11.4. The number of carbonyl (C=O) groups excluding carboxylic acids is 1. The maximum atomic E-state index is 12.0. The molecule has 1 heterocycles. The van der Waals surface area contributed by atoms with Crippen LogP contribution in [-0.2, 0) is 4.79 Å². The van der Waals surface area contributed by atoms with Gasteiger partial charge in [0.2, 0.25) is 0 Å². The molecule has 0 unspecified atom stereocenters. The molecule has 0 amide bonds. The van der Waals surface area contributed by atoms with Gasteiger partial charge in [-0.05, 0) is 17.9 Å². The van der Waals surface area contributed by atoms with Crippen LogP contribution in [0.25, 0.3) is 0 Å². The molecule has 1 nitrogen and oxygen atoms in total. The molecule has 1 saturated heterocycles. The number of benzene rings is 1. The van der Waals surface area contributed by atoms with Crippen molar-refractivity contribution in [3.8, 4) is 0 Å². The molecule has 1 aliphatic heterocycles. The highest BCUT2D eigenvalue weighted by molar-refractivity contribution is 8.25. The second-order valence-electron chi connectivity index (χ2n) is 4.42. The van der Waals surface area contributed by atoms with Crippen molar-refractivity contribution in [3.63, 3.8) is 0 Å². The van der Waals surface area contributed by atoms with Gasteiger partial charge in [-0.15, -0.1) is 23.5 Å². The highest BCUT2D eigenvalue weighted by Gasteiger charge is 2.42. The zero-order valence-electron chi connectivity index (χ0n) is 9.46. The number of hydrogen-bond acceptors (Lipinski definition) is 3. The van der Waals surface area contributed by atoms with Crippen molar-refractivity contribution in [3.05, 3.63) is 46.2 Å². The van der Waals surface area contributed by atoms with Crippen molar-refractivity contribution in [2.24, 2.45) is 5.92 Å². The van der Waals surface area contributed by atoms with E-state index in [1.165, 1.54) is 9.80 Å². The van der Waals surface area contributed by atoms with Gasteiger partial charge >= 0.3 is 0 Å². The Morgan fingerprint density at radius 2 is 1.88 bits per heavy atom. The molecule has 1 aromatic rings. The molecule has 17 heavy (non-hydrogen) atoms. The van der Waals surface area contributed by atoms with Crippen LogP contribution in [0.2, 0.25) is 0 Å². The first-order chi connectivity index (χ1) is 8.34. The number of rotatable bonds is 3. The van der Waals surface area contributed by atoms with E-state index in [0.717, 1.165) is 17.9 Å². The maximum absolute atomic E-state index is 12.0. The Labute approximate surface area is 110 Å². The van der Waals surface area contributed by atoms with Crippen LogP contribution in [0.1, 0.15) is 17.9 Å². The third-order valence-electron chi connectivity index (χ3n) is 3.22. The SMILES string of the molecule is O=C(C=C1SCCS1)[C@@H]1C[C@@H]1c1ccccc1. The van der Waals surface area contributed by atoms with Crippen LogP contribution in [0.3, 0.4) is 0 Å². The highest BCUT2D eigenvalue weighted by atomic mass is 32.2. The zero-order chi connectivity index (χ0) is 11.7. The van der Waals surface area contributed by atoms with Crippen molar-refractivity contribution < 1.29 is 4.79 Å². The van der Waals surface area contributed by atoms with Gasteiger partial charge < -0.3 is 0 Å². The van der Waals surface area contributed by atoms with Crippen molar-refractivity contribution in [2.75, 3.05) is 11.5 Å². The number of hydrogen-bond donors (Lipinski definition) is 0. The number of ketones is 1. The Balaban J connectivity index is 1.65. The minimum absolute atomic E-state index is 0.242. The molecule has 0 radical (unpaired) electrons. The lowest BCUT2D eigenvalue weighted by molar-refractivity contribution is -0.115. The molecule has 0 aromatic heterocycles. The molecule has 2 aliphatic rings. The molecule has 0 spiro atoms. The van der Waals surface area contributed by atoms with Gasteiger partial charge in [0.1, 0.15) is 0 Å². The highest BCUT2D eigenvalue weighted by Crippen LogP contribution is 2.49. The minimum atomic E-state index is 0.242. The normalized spacial score (nSPS) is 26.9. The van der Waals surface area contributed by atoms with Gasteiger partial charge in [-0.3, -0.25) is 4.79 Å². The summed E-state index contributed by atoms with van der Waals surface area (Å²) in [4.78, 5) is 12.0. The molecule has 1 aliphatic carbocycles. The fourth-order valence-electron chi connectivity index (χ4n) is 2.21. The molecule has 88 valence electrons. The first-order valence-electron chi connectivity index (χ1n) is 5.90. The van der Waals surface area contributed by atoms with Gasteiger partial charge in [0.05, 0.1) is 0 Å². The van der Waals surface area contributed by atoms with E-state index in [1.54, 1.807) is 0 Å². The van der Waals surface area contributed by atoms with E-state index in [9.17, 15) is 4.79 Å². The summed E-state index contributed by atoms with van der Waals surface area (Å²) >= 11 is 3.63. The Hall–Kier alpha value is -0.670. The smallest absolute Gasteiger partial charge is 0.161 e. The van der Waals surface area contributed by atoms with Gasteiger partial charge in [0.25, 0.3) is 0 Å². The van der Waals surface area contributed by atoms with E-state index in [2.05, 4.69) is 24.3 Å². The monoisotopic (exact) mass is 262 g/mol. The predicted octanol–water partition coefficient (Wildman–Crippen LogP) is 3.68. The summed E-state index contributed by atoms with van der Waals surface area (Å²) in [6.07, 6.45) is 2.90. The molecule has 1 aromatic carbocycles. The average molecular weight is 262 g/mol. The van der Waals surface area contributed by atoms with Gasteiger partial charge in [0, 0.05) is 27.7 Å². The summed E-state index contributed by atoms with van der Waals surface area (Å²) in [5.74, 6) is 3.34. The second kappa shape index (κ2) is 4.91. The molecule has 2 atom stereocenters. The lowest BCUT2D eigenvalue weighted by atomic mass is 10.1. The number of thioether (sulfide) groups is 2. The van der Waals surface area contributed by atoms with E-state index in [1.807, 2.05) is 35.7 Å². The second-order valence-corrected chi connectivity index (χ2v) is 6.95. The van der Waals surface area contributed by atoms with Crippen molar-refractivity contribution in [2.45, 2.75) is 12.3 Å². The first-order valence-corrected chi connectivity index (χ1v) is 7.88. The van der Waals surface area contributed by atoms with Crippen LogP contribution in [0, 0.1) is 5.92 Å². The van der Waals surface area contributed by atoms with Crippen LogP contribution in [0.4, 0.5) is 0 Å². The van der Waals surface area contributed by atoms with Gasteiger partial charge in [-0.25, -0.2) is 0 Å². The predicted molar refractivity (Wildman–Crippen MR) is 75.3 cm³/mol. The standard InChI is InChI=1S/C14H14OS2/c15-13(9-14-16-6-7-17-14)12-8-11(12)10-4-2-1-3-5-10/h1-5,9,11-12H,6-8H2/t11-,12-/m1/s1. The van der Waals surface area contributed by atoms with E-state index in [4.69, 9.17) is 0 Å². The quantitative estimate of drug-likeness (QED) is 0.774. The lowest BCUT2D eigenvalue weighted by Crippen LogP contribution is -1.97. The van der Waals surface area contributed by atoms with Crippen molar-refractivity contribution >= 4 is 29.3 Å². The summed E-state index contributed by atoms with van der Waals surface area (Å²) in [6, 6.07) is 10.4. The van der Waals surface area contributed by atoms with Gasteiger partial charge in [0.15, 0.2) is 5.78 Å². The third-order valence-corrected chi connectivity index (χ3v) is 5.80.